The normalized spacial score (nSPS) is 11.4. The third-order valence-corrected chi connectivity index (χ3v) is 10.1. The van der Waals surface area contributed by atoms with E-state index in [1.165, 1.54) is 17.6 Å². The lowest BCUT2D eigenvalue weighted by Gasteiger charge is -2.26. The number of anilines is 1. The molecule has 1 N–H and O–H groups in total. The first kappa shape index (κ1) is 35.0. The summed E-state index contributed by atoms with van der Waals surface area (Å²) in [6, 6.07) is 30.9. The molecule has 0 fully saturated rings. The minimum Gasteiger partial charge on any atom is -0.493 e. The summed E-state index contributed by atoms with van der Waals surface area (Å²) < 4.78 is 41.0. The minimum absolute atomic E-state index is 0.0224. The maximum atomic E-state index is 13.8. The number of hydrogen-bond donors (Lipinski definition) is 1. The number of hydrazone groups is 1. The molecule has 1 amide bonds. The van der Waals surface area contributed by atoms with E-state index in [1.807, 2.05) is 19.1 Å². The predicted molar refractivity (Wildman–Crippen MR) is 194 cm³/mol. The molecule has 0 saturated carbocycles. The van der Waals surface area contributed by atoms with Crippen molar-refractivity contribution in [3.63, 3.8) is 0 Å². The molecule has 5 aromatic carbocycles. The maximum absolute atomic E-state index is 13.8. The number of halogens is 3. The summed E-state index contributed by atoms with van der Waals surface area (Å²) in [6.45, 7) is 2.16. The Morgan fingerprint density at radius 2 is 1.56 bits per heavy atom. The van der Waals surface area contributed by atoms with Crippen LogP contribution in [-0.4, -0.2) is 27.6 Å². The highest BCUT2D eigenvalue weighted by molar-refractivity contribution is 9.10. The fraction of sp³-hybridized carbons (Fsp3) is 0.111. The van der Waals surface area contributed by atoms with Crippen molar-refractivity contribution < 1.29 is 22.7 Å². The third kappa shape index (κ3) is 8.56. The van der Waals surface area contributed by atoms with Crippen molar-refractivity contribution in [3.8, 4) is 11.5 Å². The van der Waals surface area contributed by atoms with E-state index in [4.69, 9.17) is 32.7 Å². The second-order valence-electron chi connectivity index (χ2n) is 10.6. The number of carbonyl (C=O) groups is 1. The smallest absolute Gasteiger partial charge is 0.271 e. The van der Waals surface area contributed by atoms with Crippen LogP contribution < -0.4 is 19.2 Å². The number of nitrogens with one attached hydrogen (secondary N) is 1. The molecule has 0 heterocycles. The van der Waals surface area contributed by atoms with Gasteiger partial charge in [-0.3, -0.25) is 9.10 Å². The van der Waals surface area contributed by atoms with Crippen LogP contribution in [0.4, 0.5) is 5.69 Å². The summed E-state index contributed by atoms with van der Waals surface area (Å²) in [6.07, 6.45) is 1.49. The first-order valence-electron chi connectivity index (χ1n) is 14.6. The summed E-state index contributed by atoms with van der Waals surface area (Å²) in [5.74, 6) is 0.568. The lowest BCUT2D eigenvalue weighted by molar-refractivity contribution is 0.0955. The van der Waals surface area contributed by atoms with Crippen LogP contribution in [0.15, 0.2) is 124 Å². The van der Waals surface area contributed by atoms with Gasteiger partial charge in [0.05, 0.1) is 34.9 Å². The second kappa shape index (κ2) is 15.7. The van der Waals surface area contributed by atoms with Crippen molar-refractivity contribution in [2.45, 2.75) is 25.0 Å². The highest BCUT2D eigenvalue weighted by Crippen LogP contribution is 2.37. The molecule has 0 aliphatic heterocycles. The first-order valence-corrected chi connectivity index (χ1v) is 17.5. The standard InChI is InChI=1S/C36H30BrCl2N3O5S/c1-24-8-15-30(39)20-33(24)42(48(44,45)31-6-4-3-5-7-31)22-25-9-13-28(14-10-25)36(43)41-40-21-27-18-32(37)35(34(19-27)46-2)47-23-26-11-16-29(38)17-12-26/h3-21H,22-23H2,1-2H3,(H,41,43)/b40-21-. The van der Waals surface area contributed by atoms with Gasteiger partial charge in [0, 0.05) is 15.6 Å². The van der Waals surface area contributed by atoms with Crippen LogP contribution in [0.25, 0.3) is 0 Å². The van der Waals surface area contributed by atoms with Gasteiger partial charge in [-0.15, -0.1) is 0 Å². The number of rotatable bonds is 12. The molecule has 5 aromatic rings. The highest BCUT2D eigenvalue weighted by atomic mass is 79.9. The minimum atomic E-state index is -3.93. The number of methoxy groups -OCH3 is 1. The summed E-state index contributed by atoms with van der Waals surface area (Å²) >= 11 is 15.8. The van der Waals surface area contributed by atoms with E-state index >= 15 is 0 Å². The summed E-state index contributed by atoms with van der Waals surface area (Å²) in [5.41, 5.74) is 6.36. The Hall–Kier alpha value is -4.35. The first-order chi connectivity index (χ1) is 23.0. The van der Waals surface area contributed by atoms with Crippen LogP contribution in [0.1, 0.15) is 32.6 Å². The number of nitrogens with zero attached hydrogens (tertiary/aromatic N) is 2. The molecule has 246 valence electrons. The van der Waals surface area contributed by atoms with Crippen molar-refractivity contribution >= 4 is 67.0 Å². The van der Waals surface area contributed by atoms with Gasteiger partial charge in [-0.1, -0.05) is 71.7 Å². The molecule has 12 heteroatoms. The lowest BCUT2D eigenvalue weighted by Crippen LogP contribution is -2.31. The molecular weight excluding hydrogens is 737 g/mol. The summed E-state index contributed by atoms with van der Waals surface area (Å²) in [7, 11) is -2.40. The van der Waals surface area contributed by atoms with Crippen molar-refractivity contribution in [2.24, 2.45) is 5.10 Å². The number of sulfonamides is 1. The van der Waals surface area contributed by atoms with Gasteiger partial charge in [0.1, 0.15) is 6.61 Å². The van der Waals surface area contributed by atoms with Gasteiger partial charge in [-0.05, 0) is 106 Å². The molecule has 48 heavy (non-hydrogen) atoms. The monoisotopic (exact) mass is 765 g/mol. The van der Waals surface area contributed by atoms with Gasteiger partial charge in [-0.2, -0.15) is 5.10 Å². The van der Waals surface area contributed by atoms with E-state index in [0.717, 1.165) is 11.1 Å². The van der Waals surface area contributed by atoms with E-state index in [1.54, 1.807) is 97.1 Å². The van der Waals surface area contributed by atoms with Crippen molar-refractivity contribution in [2.75, 3.05) is 11.4 Å². The molecule has 0 unspecified atom stereocenters. The van der Waals surface area contributed by atoms with E-state index < -0.39 is 15.9 Å². The fourth-order valence-electron chi connectivity index (χ4n) is 4.72. The Labute approximate surface area is 298 Å². The quantitative estimate of drug-likeness (QED) is 0.101. The SMILES string of the molecule is COc1cc(/C=N\NC(=O)c2ccc(CN(c3cc(Cl)ccc3C)S(=O)(=O)c3ccccc3)cc2)cc(Br)c1OCc1ccc(Cl)cc1. The lowest BCUT2D eigenvalue weighted by atomic mass is 10.1. The number of carbonyl (C=O) groups excluding carboxylic acids is 1. The molecule has 0 aliphatic carbocycles. The topological polar surface area (TPSA) is 97.3 Å². The van der Waals surface area contributed by atoms with E-state index in [0.29, 0.717) is 55.0 Å². The molecule has 0 bridgehead atoms. The molecule has 0 aromatic heterocycles. The fourth-order valence-corrected chi connectivity index (χ4v) is 7.12. The zero-order chi connectivity index (χ0) is 34.3. The van der Waals surface area contributed by atoms with Crippen LogP contribution in [0.2, 0.25) is 10.0 Å². The molecule has 0 atom stereocenters. The van der Waals surface area contributed by atoms with E-state index in [-0.39, 0.29) is 11.4 Å². The van der Waals surface area contributed by atoms with Crippen LogP contribution in [0.5, 0.6) is 11.5 Å². The number of amides is 1. The predicted octanol–water partition coefficient (Wildman–Crippen LogP) is 8.81. The van der Waals surface area contributed by atoms with Gasteiger partial charge in [0.15, 0.2) is 11.5 Å². The maximum Gasteiger partial charge on any atom is 0.271 e. The zero-order valence-electron chi connectivity index (χ0n) is 25.9. The van der Waals surface area contributed by atoms with Crippen LogP contribution in [0.3, 0.4) is 0 Å². The van der Waals surface area contributed by atoms with Crippen molar-refractivity contribution in [1.82, 2.24) is 5.43 Å². The number of benzene rings is 5. The largest absolute Gasteiger partial charge is 0.493 e. The van der Waals surface area contributed by atoms with Crippen LogP contribution in [-0.2, 0) is 23.2 Å². The number of aryl methyl sites for hydroxylation is 1. The molecule has 0 aliphatic rings. The Morgan fingerprint density at radius 3 is 2.25 bits per heavy atom. The molecular formula is C36H30BrCl2N3O5S. The molecule has 0 spiro atoms. The average Bonchev–Trinajstić information content (AvgIpc) is 3.09. The van der Waals surface area contributed by atoms with Gasteiger partial charge in [0.2, 0.25) is 0 Å². The molecule has 0 radical (unpaired) electrons. The molecule has 0 saturated heterocycles. The Kier molecular flexibility index (Phi) is 11.4. The second-order valence-corrected chi connectivity index (χ2v) is 14.2. The van der Waals surface area contributed by atoms with Crippen LogP contribution in [0, 0.1) is 6.92 Å². The summed E-state index contributed by atoms with van der Waals surface area (Å²) in [5, 5.41) is 5.17. The summed E-state index contributed by atoms with van der Waals surface area (Å²) in [4.78, 5) is 13.0. The van der Waals surface area contributed by atoms with E-state index in [9.17, 15) is 13.2 Å². The van der Waals surface area contributed by atoms with E-state index in [2.05, 4.69) is 26.5 Å². The molecule has 8 nitrogen and oxygen atoms in total. The number of hydrogen-bond acceptors (Lipinski definition) is 6. The number of ether oxygens (including phenoxy) is 2. The van der Waals surface area contributed by atoms with Crippen LogP contribution >= 0.6 is 39.1 Å². The third-order valence-electron chi connectivity index (χ3n) is 7.24. The Balaban J connectivity index is 1.27. The van der Waals surface area contributed by atoms with Crippen molar-refractivity contribution in [1.29, 1.82) is 0 Å². The molecule has 5 rings (SSSR count). The van der Waals surface area contributed by atoms with Gasteiger partial charge < -0.3 is 9.47 Å². The average molecular weight is 768 g/mol. The Bertz CT molecular complexity index is 2040. The van der Waals surface area contributed by atoms with Crippen molar-refractivity contribution in [3.05, 3.63) is 152 Å². The van der Waals surface area contributed by atoms with Gasteiger partial charge in [0.25, 0.3) is 15.9 Å². The van der Waals surface area contributed by atoms with Gasteiger partial charge in [-0.25, -0.2) is 13.8 Å². The zero-order valence-corrected chi connectivity index (χ0v) is 29.8. The van der Waals surface area contributed by atoms with Gasteiger partial charge >= 0.3 is 0 Å². The Morgan fingerprint density at radius 1 is 0.896 bits per heavy atom. The highest BCUT2D eigenvalue weighted by Gasteiger charge is 2.26.